The van der Waals surface area contributed by atoms with Crippen molar-refractivity contribution in [3.8, 4) is 0 Å². The van der Waals surface area contributed by atoms with Gasteiger partial charge in [-0.05, 0) is 0 Å². The summed E-state index contributed by atoms with van der Waals surface area (Å²) in [5, 5.41) is 0. The molecule has 6 nitrogen and oxygen atoms in total. The van der Waals surface area contributed by atoms with E-state index in [2.05, 4.69) is 77.0 Å². The van der Waals surface area contributed by atoms with Crippen LogP contribution in [0.2, 0.25) is 0 Å². The Morgan fingerprint density at radius 1 is 0.429 bits per heavy atom. The van der Waals surface area contributed by atoms with Gasteiger partial charge in [0.25, 0.3) is 0 Å². The minimum absolute atomic E-state index is 0. The smallest absolute Gasteiger partial charge is 0.219 e. The van der Waals surface area contributed by atoms with Crippen molar-refractivity contribution in [1.29, 1.82) is 0 Å². The zero-order valence-corrected chi connectivity index (χ0v) is 16.1. The molecule has 8 heteroatoms. The van der Waals surface area contributed by atoms with E-state index in [1.54, 1.807) is 0 Å². The van der Waals surface area contributed by atoms with Gasteiger partial charge in [-0.15, -0.1) is 24.3 Å². The van der Waals surface area contributed by atoms with Gasteiger partial charge in [0.1, 0.15) is 0 Å². The molecule has 28 heavy (non-hydrogen) atoms. The maximum atomic E-state index is 7.50. The molecule has 0 atom stereocenters. The molecule has 0 saturated carbocycles. The summed E-state index contributed by atoms with van der Waals surface area (Å²) in [6.45, 7) is 27.0. The molecule has 0 bridgehead atoms. The largest absolute Gasteiger partial charge is 2.00 e. The van der Waals surface area contributed by atoms with Gasteiger partial charge in [-0.3, -0.25) is 0 Å². The molecule has 0 spiro atoms. The van der Waals surface area contributed by atoms with Gasteiger partial charge in [-0.25, -0.2) is 24.0 Å². The second-order valence-electron chi connectivity index (χ2n) is 3.15. The van der Waals surface area contributed by atoms with Gasteiger partial charge >= 0.3 is 84.6 Å². The molecule has 0 aliphatic rings. The van der Waals surface area contributed by atoms with Crippen molar-refractivity contribution in [1.82, 2.24) is 0 Å². The molecule has 2 rings (SSSR count). The molecule has 0 fully saturated rings. The van der Waals surface area contributed by atoms with Crippen molar-refractivity contribution in [2.24, 2.45) is 0 Å². The molecule has 0 saturated heterocycles. The Kier molecular flexibility index (Phi) is 90.1. The van der Waals surface area contributed by atoms with E-state index in [0.29, 0.717) is 0 Å². The van der Waals surface area contributed by atoms with E-state index in [9.17, 15) is 0 Å². The first-order valence-electron chi connectivity index (χ1n) is 5.96. The Hall–Kier alpha value is -2.37. The molecule has 0 aliphatic heterocycles. The van der Waals surface area contributed by atoms with E-state index >= 15 is 0 Å². The van der Waals surface area contributed by atoms with Crippen molar-refractivity contribution in [3.05, 3.63) is 125 Å². The number of benzene rings is 2. The summed E-state index contributed by atoms with van der Waals surface area (Å²) in [6, 6.07) is 20.6. The number of hydrogen-bond donors (Lipinski definition) is 0. The van der Waals surface area contributed by atoms with Crippen LogP contribution >= 0.6 is 0 Å². The molecule has 0 aliphatic carbocycles. The van der Waals surface area contributed by atoms with Crippen molar-refractivity contribution < 1.29 is 61.5 Å². The third-order valence-corrected chi connectivity index (χ3v) is 2.07. The van der Waals surface area contributed by atoms with E-state index in [1.165, 1.54) is 11.1 Å². The maximum absolute atomic E-state index is 7.50. The summed E-state index contributed by atoms with van der Waals surface area (Å²) >= 11 is 0. The number of hydrogen-bond acceptors (Lipinski definition) is 0. The fourth-order valence-electron chi connectivity index (χ4n) is 1.32. The van der Waals surface area contributed by atoms with Crippen LogP contribution in [0.25, 0.3) is 0 Å². The predicted octanol–water partition coefficient (Wildman–Crippen LogP) is 3.26. The van der Waals surface area contributed by atoms with Crippen LogP contribution in [0, 0.1) is 52.7 Å². The van der Waals surface area contributed by atoms with Gasteiger partial charge < -0.3 is 0 Å². The summed E-state index contributed by atoms with van der Waals surface area (Å²) < 4.78 is 45.0. The van der Waals surface area contributed by atoms with Crippen molar-refractivity contribution >= 4 is 0 Å². The second kappa shape index (κ2) is 56.3. The monoisotopic (exact) mass is 466 g/mol. The van der Waals surface area contributed by atoms with Gasteiger partial charge in [0.2, 0.25) is 0 Å². The summed E-state index contributed by atoms with van der Waals surface area (Å²) in [4.78, 5) is 0. The van der Waals surface area contributed by atoms with Crippen LogP contribution in [0.1, 0.15) is 11.1 Å². The van der Waals surface area contributed by atoms with Crippen LogP contribution < -0.4 is 0 Å². The first kappa shape index (κ1) is 44.8. The molecule has 0 heterocycles. The van der Waals surface area contributed by atoms with Crippen molar-refractivity contribution in [2.45, 2.75) is 0 Å². The zero-order valence-electron chi connectivity index (χ0n) is 14.0. The Morgan fingerprint density at radius 2 is 0.607 bits per heavy atom. The first-order chi connectivity index (χ1) is 12.9. The Morgan fingerprint density at radius 3 is 0.786 bits per heavy atom. The average molecular weight is 466 g/mol. The standard InChI is InChI=1S/C14H12.6CO.2Co/c1-3-7-13(8-4-1)11-12-14-9-5-2-6-10-14;6*1-2;;/h1-12H;;;;;;;;/q-2;;;;;;;;+2. The number of rotatable bonds is 3. The summed E-state index contributed by atoms with van der Waals surface area (Å²) in [6.07, 6.45) is 4.24. The van der Waals surface area contributed by atoms with Gasteiger partial charge in [-0.2, -0.15) is 24.3 Å². The summed E-state index contributed by atoms with van der Waals surface area (Å²) in [5.41, 5.74) is 2.47. The SMILES string of the molecule is [C-]#[O+].[C-]#[O+].[C-]#[O+].[C-]#[O+].[C-]#[O+].[C-]#[O+].[Co+2].[Co].c1ccc([CH-][CH-]c2ccccc2)cc1. The normalized spacial score (nSPS) is 5.14. The fourth-order valence-corrected chi connectivity index (χ4v) is 1.32. The molecule has 2 aromatic carbocycles. The van der Waals surface area contributed by atoms with Crippen LogP contribution in [0.4, 0.5) is 0 Å². The van der Waals surface area contributed by atoms with Crippen molar-refractivity contribution in [3.63, 3.8) is 0 Å². The molecule has 2 aromatic rings. The van der Waals surface area contributed by atoms with Gasteiger partial charge in [0, 0.05) is 16.8 Å². The van der Waals surface area contributed by atoms with Crippen molar-refractivity contribution in [2.75, 3.05) is 0 Å². The molecular weight excluding hydrogens is 454 g/mol. The average Bonchev–Trinajstić information content (AvgIpc) is 2.82. The Bertz CT molecular complexity index is 531. The van der Waals surface area contributed by atoms with E-state index in [1.807, 2.05) is 36.4 Å². The summed E-state index contributed by atoms with van der Waals surface area (Å²) in [5.74, 6) is 0. The van der Waals surface area contributed by atoms with E-state index in [-0.39, 0.29) is 33.6 Å². The second-order valence-corrected chi connectivity index (χ2v) is 3.15. The van der Waals surface area contributed by atoms with Gasteiger partial charge in [0.15, 0.2) is 0 Å². The molecular formula is C20H12Co2O6. The molecule has 0 unspecified atom stereocenters. The molecule has 0 aromatic heterocycles. The van der Waals surface area contributed by atoms with E-state index in [4.69, 9.17) is 27.9 Å². The van der Waals surface area contributed by atoms with E-state index < -0.39 is 0 Å². The first-order valence-corrected chi connectivity index (χ1v) is 5.96. The Balaban J connectivity index is -0.0000000547. The molecule has 146 valence electrons. The van der Waals surface area contributed by atoms with Crippen LogP contribution in [-0.4, -0.2) is 0 Å². The zero-order chi connectivity index (χ0) is 21.6. The molecule has 0 N–H and O–H groups in total. The quantitative estimate of drug-likeness (QED) is 0.488. The topological polar surface area (TPSA) is 119 Å². The maximum Gasteiger partial charge on any atom is 2.00 e. The third kappa shape index (κ3) is 34.9. The Labute approximate surface area is 185 Å². The molecule has 2 radical (unpaired) electrons. The minimum atomic E-state index is 0. The third-order valence-electron chi connectivity index (χ3n) is 2.07. The predicted molar refractivity (Wildman–Crippen MR) is 83.3 cm³/mol. The van der Waals surface area contributed by atoms with E-state index in [0.717, 1.165) is 0 Å². The fraction of sp³-hybridized carbons (Fsp3) is 0. The molecule has 0 amide bonds. The summed E-state index contributed by atoms with van der Waals surface area (Å²) in [7, 11) is 0. The van der Waals surface area contributed by atoms with Crippen LogP contribution in [0.5, 0.6) is 0 Å². The van der Waals surface area contributed by atoms with Crippen LogP contribution in [0.3, 0.4) is 0 Å². The minimum Gasteiger partial charge on any atom is -0.219 e. The van der Waals surface area contributed by atoms with Gasteiger partial charge in [-0.1, -0.05) is 12.1 Å². The van der Waals surface area contributed by atoms with Gasteiger partial charge in [0.05, 0.1) is 0 Å². The van der Waals surface area contributed by atoms with Crippen LogP contribution in [0.15, 0.2) is 60.7 Å². The van der Waals surface area contributed by atoms with Crippen LogP contribution in [-0.2, 0) is 61.5 Å².